The van der Waals surface area contributed by atoms with E-state index in [9.17, 15) is 23.1 Å². The molecule has 2 heterocycles. The molecule has 1 aliphatic rings. The van der Waals surface area contributed by atoms with Crippen molar-refractivity contribution >= 4 is 5.91 Å². The van der Waals surface area contributed by atoms with Gasteiger partial charge in [-0.05, 0) is 17.7 Å². The van der Waals surface area contributed by atoms with Crippen LogP contribution in [0.4, 0.5) is 13.2 Å². The highest BCUT2D eigenvalue weighted by Crippen LogP contribution is 2.40. The van der Waals surface area contributed by atoms with Crippen LogP contribution in [0.5, 0.6) is 11.5 Å². The molecular weight excluding hydrogens is 355 g/mol. The number of aryl methyl sites for hydroxylation is 1. The Morgan fingerprint density at radius 1 is 1.35 bits per heavy atom. The predicted octanol–water partition coefficient (Wildman–Crippen LogP) is 1.61. The summed E-state index contributed by atoms with van der Waals surface area (Å²) in [5.74, 6) is -0.563. The van der Waals surface area contributed by atoms with Gasteiger partial charge in [0.15, 0.2) is 17.3 Å². The van der Waals surface area contributed by atoms with Gasteiger partial charge in [0.2, 0.25) is 18.3 Å². The number of nitrogens with zero attached hydrogens (tertiary/aromatic N) is 2. The Kier molecular flexibility index (Phi) is 4.53. The molecule has 0 fully saturated rings. The van der Waals surface area contributed by atoms with Crippen molar-refractivity contribution in [3.63, 3.8) is 0 Å². The molecule has 0 radical (unpaired) electrons. The molecular formula is C16H16F3N3O4. The SMILES string of the molecule is Cn1ccnc1C(O)(CC(=O)NCc1ccc2c(c1)OCO2)C(F)(F)F. The largest absolute Gasteiger partial charge is 0.454 e. The standard InChI is InChI=1S/C16H16F3N3O4/c1-22-5-4-20-14(22)15(24,16(17,18)19)7-13(23)21-8-10-2-3-11-12(6-10)26-9-25-11/h2-6,24H,7-9H2,1H3,(H,21,23). The van der Waals surface area contributed by atoms with Crippen LogP contribution in [-0.4, -0.2) is 33.5 Å². The van der Waals surface area contributed by atoms with Crippen LogP contribution < -0.4 is 14.8 Å². The monoisotopic (exact) mass is 371 g/mol. The number of carbonyl (C=O) groups excluding carboxylic acids is 1. The van der Waals surface area contributed by atoms with Crippen LogP contribution in [0.15, 0.2) is 30.6 Å². The van der Waals surface area contributed by atoms with Crippen LogP contribution in [0.1, 0.15) is 17.8 Å². The van der Waals surface area contributed by atoms with E-state index in [-0.39, 0.29) is 13.3 Å². The lowest BCUT2D eigenvalue weighted by molar-refractivity contribution is -0.271. The third-order valence-electron chi connectivity index (χ3n) is 4.00. The average Bonchev–Trinajstić information content (AvgIpc) is 3.19. The fourth-order valence-corrected chi connectivity index (χ4v) is 2.62. The van der Waals surface area contributed by atoms with Gasteiger partial charge in [-0.2, -0.15) is 13.2 Å². The Hall–Kier alpha value is -2.75. The zero-order chi connectivity index (χ0) is 18.9. The predicted molar refractivity (Wildman–Crippen MR) is 82.2 cm³/mol. The summed E-state index contributed by atoms with van der Waals surface area (Å²) < 4.78 is 51.6. The second-order valence-corrected chi connectivity index (χ2v) is 5.86. The van der Waals surface area contributed by atoms with Gasteiger partial charge in [-0.15, -0.1) is 0 Å². The van der Waals surface area contributed by atoms with Crippen molar-refractivity contribution in [2.24, 2.45) is 7.05 Å². The fourth-order valence-electron chi connectivity index (χ4n) is 2.62. The van der Waals surface area contributed by atoms with E-state index in [1.807, 2.05) is 0 Å². The molecule has 1 aromatic heterocycles. The highest BCUT2D eigenvalue weighted by atomic mass is 19.4. The van der Waals surface area contributed by atoms with Gasteiger partial charge in [-0.3, -0.25) is 4.79 Å². The first-order valence-electron chi connectivity index (χ1n) is 7.63. The number of aromatic nitrogens is 2. The maximum Gasteiger partial charge on any atom is 0.425 e. The molecule has 2 N–H and O–H groups in total. The fraction of sp³-hybridized carbons (Fsp3) is 0.375. The van der Waals surface area contributed by atoms with Crippen molar-refractivity contribution in [3.8, 4) is 11.5 Å². The Morgan fingerprint density at radius 3 is 2.73 bits per heavy atom. The second-order valence-electron chi connectivity index (χ2n) is 5.86. The van der Waals surface area contributed by atoms with Gasteiger partial charge in [0.25, 0.3) is 0 Å². The van der Waals surface area contributed by atoms with E-state index in [4.69, 9.17) is 9.47 Å². The number of rotatable bonds is 5. The van der Waals surface area contributed by atoms with Gasteiger partial charge in [0.1, 0.15) is 0 Å². The zero-order valence-electron chi connectivity index (χ0n) is 13.7. The lowest BCUT2D eigenvalue weighted by Crippen LogP contribution is -2.47. The minimum atomic E-state index is -5.07. The molecule has 7 nitrogen and oxygen atoms in total. The van der Waals surface area contributed by atoms with Crippen LogP contribution in [0, 0.1) is 0 Å². The summed E-state index contributed by atoms with van der Waals surface area (Å²) >= 11 is 0. The number of hydrogen-bond acceptors (Lipinski definition) is 5. The first kappa shape index (κ1) is 18.1. The van der Waals surface area contributed by atoms with E-state index in [0.29, 0.717) is 17.1 Å². The lowest BCUT2D eigenvalue weighted by atomic mass is 9.97. The first-order chi connectivity index (χ1) is 12.2. The van der Waals surface area contributed by atoms with E-state index < -0.39 is 29.9 Å². The Labute approximate surface area is 146 Å². The molecule has 0 saturated heterocycles. The van der Waals surface area contributed by atoms with Crippen molar-refractivity contribution in [1.82, 2.24) is 14.9 Å². The molecule has 2 aromatic rings. The smallest absolute Gasteiger partial charge is 0.425 e. The Bertz CT molecular complexity index is 821. The number of nitrogens with one attached hydrogen (secondary N) is 1. The van der Waals surface area contributed by atoms with Gasteiger partial charge in [0, 0.05) is 26.0 Å². The molecule has 10 heteroatoms. The highest BCUT2D eigenvalue weighted by Gasteiger charge is 2.58. The van der Waals surface area contributed by atoms with Gasteiger partial charge in [0.05, 0.1) is 6.42 Å². The molecule has 0 bridgehead atoms. The van der Waals surface area contributed by atoms with Crippen LogP contribution in [0.3, 0.4) is 0 Å². The molecule has 26 heavy (non-hydrogen) atoms. The Balaban J connectivity index is 1.70. The van der Waals surface area contributed by atoms with Crippen molar-refractivity contribution in [3.05, 3.63) is 42.0 Å². The molecule has 0 aliphatic carbocycles. The summed E-state index contributed by atoms with van der Waals surface area (Å²) in [6.07, 6.45) is -3.89. The molecule has 1 aromatic carbocycles. The molecule has 1 unspecified atom stereocenters. The van der Waals surface area contributed by atoms with E-state index in [0.717, 1.165) is 10.8 Å². The summed E-state index contributed by atoms with van der Waals surface area (Å²) in [5.41, 5.74) is -2.76. The number of halogens is 3. The number of hydrogen-bond donors (Lipinski definition) is 2. The van der Waals surface area contributed by atoms with Crippen LogP contribution >= 0.6 is 0 Å². The number of fused-ring (bicyclic) bond motifs is 1. The van der Waals surface area contributed by atoms with Crippen molar-refractivity contribution in [1.29, 1.82) is 0 Å². The number of carbonyl (C=O) groups is 1. The number of benzene rings is 1. The summed E-state index contributed by atoms with van der Waals surface area (Å²) in [7, 11) is 1.31. The number of amides is 1. The maximum atomic E-state index is 13.4. The van der Waals surface area contributed by atoms with Gasteiger partial charge >= 0.3 is 6.18 Å². The van der Waals surface area contributed by atoms with Gasteiger partial charge < -0.3 is 24.5 Å². The van der Waals surface area contributed by atoms with Crippen molar-refractivity contribution < 1.29 is 32.5 Å². The third-order valence-corrected chi connectivity index (χ3v) is 4.00. The van der Waals surface area contributed by atoms with Crippen LogP contribution in [-0.2, 0) is 24.0 Å². The minimum absolute atomic E-state index is 0.0238. The van der Waals surface area contributed by atoms with Crippen molar-refractivity contribution in [2.75, 3.05) is 6.79 Å². The van der Waals surface area contributed by atoms with Crippen molar-refractivity contribution in [2.45, 2.75) is 24.7 Å². The maximum absolute atomic E-state index is 13.4. The van der Waals surface area contributed by atoms with Gasteiger partial charge in [-0.1, -0.05) is 6.07 Å². The quantitative estimate of drug-likeness (QED) is 0.834. The number of ether oxygens (including phenoxy) is 2. The summed E-state index contributed by atoms with van der Waals surface area (Å²) in [6.45, 7) is 0.0669. The summed E-state index contributed by atoms with van der Waals surface area (Å²) in [5, 5.41) is 12.5. The first-order valence-corrected chi connectivity index (χ1v) is 7.63. The van der Waals surface area contributed by atoms with E-state index in [1.54, 1.807) is 18.2 Å². The zero-order valence-corrected chi connectivity index (χ0v) is 13.7. The molecule has 0 saturated carbocycles. The number of imidazole rings is 1. The molecule has 1 amide bonds. The normalized spacial score (nSPS) is 15.6. The summed E-state index contributed by atoms with van der Waals surface area (Å²) in [6, 6.07) is 4.92. The lowest BCUT2D eigenvalue weighted by Gasteiger charge is -2.29. The average molecular weight is 371 g/mol. The van der Waals surface area contributed by atoms with E-state index >= 15 is 0 Å². The minimum Gasteiger partial charge on any atom is -0.454 e. The summed E-state index contributed by atoms with van der Waals surface area (Å²) in [4.78, 5) is 15.6. The molecule has 1 aliphatic heterocycles. The number of alkyl halides is 3. The topological polar surface area (TPSA) is 85.6 Å². The third kappa shape index (κ3) is 3.32. The molecule has 140 valence electrons. The molecule has 1 atom stereocenters. The van der Waals surface area contributed by atoms with Crippen LogP contribution in [0.2, 0.25) is 0 Å². The highest BCUT2D eigenvalue weighted by molar-refractivity contribution is 5.77. The number of aliphatic hydroxyl groups is 1. The van der Waals surface area contributed by atoms with E-state index in [1.165, 1.54) is 13.2 Å². The van der Waals surface area contributed by atoms with E-state index in [2.05, 4.69) is 10.3 Å². The second kappa shape index (κ2) is 6.52. The molecule has 0 spiro atoms. The molecule has 3 rings (SSSR count). The van der Waals surface area contributed by atoms with Gasteiger partial charge in [-0.25, -0.2) is 4.98 Å². The Morgan fingerprint density at radius 2 is 2.08 bits per heavy atom. The van der Waals surface area contributed by atoms with Crippen LogP contribution in [0.25, 0.3) is 0 Å².